The number of carbonyl (C=O) groups is 1. The molecule has 2 unspecified atom stereocenters. The zero-order valence-electron chi connectivity index (χ0n) is 10.9. The van der Waals surface area contributed by atoms with E-state index in [-0.39, 0.29) is 29.2 Å². The third-order valence-corrected chi connectivity index (χ3v) is 5.31. The van der Waals surface area contributed by atoms with Crippen LogP contribution in [0.15, 0.2) is 35.2 Å². The van der Waals surface area contributed by atoms with Crippen LogP contribution in [-0.4, -0.2) is 38.9 Å². The summed E-state index contributed by atoms with van der Waals surface area (Å²) in [6.07, 6.45) is 0. The molecule has 0 aromatic heterocycles. The Morgan fingerprint density at radius 1 is 1.26 bits per heavy atom. The third-order valence-electron chi connectivity index (χ3n) is 3.46. The summed E-state index contributed by atoms with van der Waals surface area (Å²) in [4.78, 5) is 11.8. The Balaban J connectivity index is 2.23. The quantitative estimate of drug-likeness (QED) is 0.780. The van der Waals surface area contributed by atoms with Gasteiger partial charge in [-0.1, -0.05) is 25.1 Å². The van der Waals surface area contributed by atoms with Crippen LogP contribution in [0.5, 0.6) is 0 Å². The average molecular weight is 283 g/mol. The van der Waals surface area contributed by atoms with Gasteiger partial charge in [0.15, 0.2) is 0 Å². The van der Waals surface area contributed by atoms with Crippen molar-refractivity contribution in [2.75, 3.05) is 20.2 Å². The fraction of sp³-hybridized carbons (Fsp3) is 0.462. The monoisotopic (exact) mass is 283 g/mol. The van der Waals surface area contributed by atoms with E-state index in [1.54, 1.807) is 30.3 Å². The minimum Gasteiger partial charge on any atom is -0.469 e. The second kappa shape index (κ2) is 5.30. The van der Waals surface area contributed by atoms with Gasteiger partial charge in [0.2, 0.25) is 10.0 Å². The van der Waals surface area contributed by atoms with Crippen molar-refractivity contribution in [3.8, 4) is 0 Å². The van der Waals surface area contributed by atoms with Gasteiger partial charge in [-0.2, -0.15) is 4.31 Å². The number of esters is 1. The Morgan fingerprint density at radius 3 is 2.47 bits per heavy atom. The fourth-order valence-corrected chi connectivity index (χ4v) is 3.91. The molecule has 1 aromatic rings. The Morgan fingerprint density at radius 2 is 1.89 bits per heavy atom. The second-order valence-corrected chi connectivity index (χ2v) is 6.68. The highest BCUT2D eigenvalue weighted by molar-refractivity contribution is 7.89. The van der Waals surface area contributed by atoms with Crippen molar-refractivity contribution in [1.82, 2.24) is 4.31 Å². The van der Waals surface area contributed by atoms with Crippen molar-refractivity contribution in [3.63, 3.8) is 0 Å². The van der Waals surface area contributed by atoms with Gasteiger partial charge in [-0.25, -0.2) is 8.42 Å². The van der Waals surface area contributed by atoms with Crippen LogP contribution in [-0.2, 0) is 19.6 Å². The van der Waals surface area contributed by atoms with Gasteiger partial charge in [0.05, 0.1) is 17.9 Å². The zero-order chi connectivity index (χ0) is 14.0. The minimum atomic E-state index is -3.52. The molecule has 6 heteroatoms. The van der Waals surface area contributed by atoms with E-state index in [0.29, 0.717) is 6.54 Å². The molecule has 1 aliphatic heterocycles. The highest BCUT2D eigenvalue weighted by atomic mass is 32.2. The van der Waals surface area contributed by atoms with E-state index < -0.39 is 10.0 Å². The number of sulfonamides is 1. The molecule has 0 spiro atoms. The lowest BCUT2D eigenvalue weighted by Gasteiger charge is -2.16. The number of nitrogens with zero attached hydrogens (tertiary/aromatic N) is 1. The Labute approximate surface area is 113 Å². The summed E-state index contributed by atoms with van der Waals surface area (Å²) in [5.74, 6) is -0.771. The van der Waals surface area contributed by atoms with Gasteiger partial charge in [-0.15, -0.1) is 0 Å². The van der Waals surface area contributed by atoms with Crippen molar-refractivity contribution < 1.29 is 17.9 Å². The van der Waals surface area contributed by atoms with E-state index in [1.807, 2.05) is 6.92 Å². The van der Waals surface area contributed by atoms with Gasteiger partial charge in [-0.3, -0.25) is 4.79 Å². The van der Waals surface area contributed by atoms with Crippen LogP contribution in [0.1, 0.15) is 6.92 Å². The Hall–Kier alpha value is -1.40. The number of methoxy groups -OCH3 is 1. The number of rotatable bonds is 3. The van der Waals surface area contributed by atoms with Gasteiger partial charge in [0.25, 0.3) is 0 Å². The molecule has 0 aliphatic carbocycles. The summed E-state index contributed by atoms with van der Waals surface area (Å²) in [7, 11) is -2.20. The molecular formula is C13H17NO4S. The maximum Gasteiger partial charge on any atom is 0.310 e. The van der Waals surface area contributed by atoms with Crippen molar-refractivity contribution in [1.29, 1.82) is 0 Å². The standard InChI is InChI=1S/C13H17NO4S/c1-10-8-14(9-12(10)13(15)18-2)19(16,17)11-6-4-3-5-7-11/h3-7,10,12H,8-9H2,1-2H3. The normalized spacial score (nSPS) is 24.3. The SMILES string of the molecule is COC(=O)C1CN(S(=O)(=O)c2ccccc2)CC1C. The van der Waals surface area contributed by atoms with Crippen LogP contribution < -0.4 is 0 Å². The van der Waals surface area contributed by atoms with Crippen LogP contribution >= 0.6 is 0 Å². The van der Waals surface area contributed by atoms with Gasteiger partial charge in [-0.05, 0) is 18.1 Å². The highest BCUT2D eigenvalue weighted by Gasteiger charge is 2.41. The van der Waals surface area contributed by atoms with E-state index in [2.05, 4.69) is 0 Å². The van der Waals surface area contributed by atoms with Crippen LogP contribution in [0.25, 0.3) is 0 Å². The molecule has 5 nitrogen and oxygen atoms in total. The van der Waals surface area contributed by atoms with Gasteiger partial charge in [0.1, 0.15) is 0 Å². The maximum atomic E-state index is 12.4. The molecule has 1 fully saturated rings. The molecule has 2 atom stereocenters. The number of benzene rings is 1. The smallest absolute Gasteiger partial charge is 0.310 e. The van der Waals surface area contributed by atoms with Gasteiger partial charge in [0, 0.05) is 13.1 Å². The lowest BCUT2D eigenvalue weighted by atomic mass is 9.99. The molecular weight excluding hydrogens is 266 g/mol. The number of hydrogen-bond donors (Lipinski definition) is 0. The van der Waals surface area contributed by atoms with Crippen molar-refractivity contribution in [2.45, 2.75) is 11.8 Å². The number of ether oxygens (including phenoxy) is 1. The first kappa shape index (κ1) is 14.0. The third kappa shape index (κ3) is 2.64. The predicted molar refractivity (Wildman–Crippen MR) is 69.9 cm³/mol. The van der Waals surface area contributed by atoms with Crippen molar-refractivity contribution in [3.05, 3.63) is 30.3 Å². The Kier molecular flexibility index (Phi) is 3.91. The maximum absolute atomic E-state index is 12.4. The molecule has 0 radical (unpaired) electrons. The lowest BCUT2D eigenvalue weighted by molar-refractivity contribution is -0.145. The molecule has 0 saturated carbocycles. The van der Waals surface area contributed by atoms with Crippen LogP contribution in [0, 0.1) is 11.8 Å². The van der Waals surface area contributed by atoms with E-state index in [0.717, 1.165) is 0 Å². The Bertz CT molecular complexity index is 555. The lowest BCUT2D eigenvalue weighted by Crippen LogP contribution is -2.30. The average Bonchev–Trinajstić information content (AvgIpc) is 2.81. The molecule has 0 bridgehead atoms. The highest BCUT2D eigenvalue weighted by Crippen LogP contribution is 2.29. The first-order valence-electron chi connectivity index (χ1n) is 6.10. The molecule has 1 aromatic carbocycles. The summed E-state index contributed by atoms with van der Waals surface area (Å²) in [6.45, 7) is 2.39. The fourth-order valence-electron chi connectivity index (χ4n) is 2.32. The zero-order valence-corrected chi connectivity index (χ0v) is 11.8. The summed E-state index contributed by atoms with van der Waals surface area (Å²) in [6, 6.07) is 8.26. The van der Waals surface area contributed by atoms with Crippen LogP contribution in [0.3, 0.4) is 0 Å². The molecule has 0 amide bonds. The molecule has 19 heavy (non-hydrogen) atoms. The number of hydrogen-bond acceptors (Lipinski definition) is 4. The first-order valence-corrected chi connectivity index (χ1v) is 7.54. The topological polar surface area (TPSA) is 63.7 Å². The molecule has 1 heterocycles. The van der Waals surface area contributed by atoms with Crippen LogP contribution in [0.2, 0.25) is 0 Å². The summed E-state index contributed by atoms with van der Waals surface area (Å²) < 4.78 is 30.9. The predicted octanol–water partition coefficient (Wildman–Crippen LogP) is 1.12. The minimum absolute atomic E-state index is 0.0362. The van der Waals surface area contributed by atoms with Crippen molar-refractivity contribution in [2.24, 2.45) is 11.8 Å². The first-order chi connectivity index (χ1) is 8.96. The van der Waals surface area contributed by atoms with Gasteiger partial charge < -0.3 is 4.74 Å². The summed E-state index contributed by atoms with van der Waals surface area (Å²) in [5, 5.41) is 0. The van der Waals surface area contributed by atoms with Gasteiger partial charge >= 0.3 is 5.97 Å². The van der Waals surface area contributed by atoms with E-state index in [9.17, 15) is 13.2 Å². The van der Waals surface area contributed by atoms with E-state index in [1.165, 1.54) is 11.4 Å². The molecule has 2 rings (SSSR count). The summed E-state index contributed by atoms with van der Waals surface area (Å²) >= 11 is 0. The largest absolute Gasteiger partial charge is 0.469 e. The molecule has 1 saturated heterocycles. The second-order valence-electron chi connectivity index (χ2n) is 4.74. The van der Waals surface area contributed by atoms with Crippen LogP contribution in [0.4, 0.5) is 0 Å². The molecule has 0 N–H and O–H groups in total. The van der Waals surface area contributed by atoms with E-state index >= 15 is 0 Å². The number of carbonyl (C=O) groups excluding carboxylic acids is 1. The van der Waals surface area contributed by atoms with E-state index in [4.69, 9.17) is 4.74 Å². The molecule has 1 aliphatic rings. The summed E-state index contributed by atoms with van der Waals surface area (Å²) in [5.41, 5.74) is 0. The van der Waals surface area contributed by atoms with Crippen molar-refractivity contribution >= 4 is 16.0 Å². The molecule has 104 valence electrons.